The first-order valence-electron chi connectivity index (χ1n) is 3.57. The van der Waals surface area contributed by atoms with E-state index in [0.29, 0.717) is 0 Å². The van der Waals surface area contributed by atoms with E-state index in [9.17, 15) is 0 Å². The highest BCUT2D eigenvalue weighted by Crippen LogP contribution is 2.14. The number of nitriles is 1. The van der Waals surface area contributed by atoms with Gasteiger partial charge in [0.2, 0.25) is 0 Å². The van der Waals surface area contributed by atoms with E-state index in [1.165, 1.54) is 11.8 Å². The van der Waals surface area contributed by atoms with Gasteiger partial charge in [0.1, 0.15) is 6.07 Å². The third kappa shape index (κ3) is 2.44. The molecule has 0 bridgehead atoms. The average Bonchev–Trinajstić information content (AvgIpc) is 2.16. The molecule has 0 fully saturated rings. The van der Waals surface area contributed by atoms with Crippen LogP contribution in [0.2, 0.25) is 0 Å². The topological polar surface area (TPSA) is 23.8 Å². The summed E-state index contributed by atoms with van der Waals surface area (Å²) in [5.41, 5.74) is 1.07. The fourth-order valence-corrected chi connectivity index (χ4v) is 1.18. The molecule has 0 radical (unpaired) electrons. The maximum atomic E-state index is 8.65. The molecule has 12 heavy (non-hydrogen) atoms. The molecule has 1 aromatic carbocycles. The second-order valence-corrected chi connectivity index (χ2v) is 3.08. The van der Waals surface area contributed by atoms with Crippen molar-refractivity contribution in [1.82, 2.24) is 0 Å². The zero-order chi connectivity index (χ0) is 8.81. The van der Waals surface area contributed by atoms with Crippen LogP contribution in [0.4, 0.5) is 0 Å². The summed E-state index contributed by atoms with van der Waals surface area (Å²) in [5, 5.41) is 8.65. The van der Waals surface area contributed by atoms with Gasteiger partial charge in [-0.3, -0.25) is 0 Å². The van der Waals surface area contributed by atoms with Gasteiger partial charge >= 0.3 is 0 Å². The first-order chi connectivity index (χ1) is 5.86. The predicted octanol–water partition coefficient (Wildman–Crippen LogP) is 2.91. The van der Waals surface area contributed by atoms with Crippen LogP contribution in [0.3, 0.4) is 0 Å². The highest BCUT2D eigenvalue weighted by molar-refractivity contribution is 8.02. The van der Waals surface area contributed by atoms with Crippen molar-refractivity contribution >= 4 is 17.8 Å². The van der Waals surface area contributed by atoms with Gasteiger partial charge in [-0.15, -0.1) is 11.8 Å². The molecule has 0 heterocycles. The minimum Gasteiger partial charge on any atom is -0.192 e. The highest BCUT2D eigenvalue weighted by atomic mass is 32.2. The minimum absolute atomic E-state index is 0.737. The van der Waals surface area contributed by atoms with Gasteiger partial charge in [0, 0.05) is 0 Å². The maximum absolute atomic E-state index is 8.65. The Labute approximate surface area is 76.7 Å². The normalized spacial score (nSPS) is 10.8. The first kappa shape index (κ1) is 8.89. The SMILES string of the molecule is CSC(C#N)=Cc1ccccc1. The zero-order valence-electron chi connectivity index (χ0n) is 6.82. The Morgan fingerprint density at radius 2 is 2.08 bits per heavy atom. The molecule has 1 aromatic rings. The molecule has 1 nitrogen and oxygen atoms in total. The summed E-state index contributed by atoms with van der Waals surface area (Å²) in [6.07, 6.45) is 3.78. The van der Waals surface area contributed by atoms with Crippen LogP contribution in [-0.4, -0.2) is 6.26 Å². The van der Waals surface area contributed by atoms with Crippen LogP contribution in [0.15, 0.2) is 35.2 Å². The van der Waals surface area contributed by atoms with Crippen LogP contribution in [0.1, 0.15) is 5.56 Å². The van der Waals surface area contributed by atoms with E-state index in [1.807, 2.05) is 42.7 Å². The molecule has 0 aliphatic carbocycles. The number of benzene rings is 1. The summed E-state index contributed by atoms with van der Waals surface area (Å²) in [4.78, 5) is 0.737. The van der Waals surface area contributed by atoms with E-state index in [2.05, 4.69) is 6.07 Å². The lowest BCUT2D eigenvalue weighted by Crippen LogP contribution is -1.72. The van der Waals surface area contributed by atoms with Crippen LogP contribution >= 0.6 is 11.8 Å². The summed E-state index contributed by atoms with van der Waals surface area (Å²) in [5.74, 6) is 0. The monoisotopic (exact) mass is 175 g/mol. The van der Waals surface area contributed by atoms with Crippen LogP contribution in [0.25, 0.3) is 6.08 Å². The van der Waals surface area contributed by atoms with Gasteiger partial charge in [-0.2, -0.15) is 5.26 Å². The standard InChI is InChI=1S/C10H9NS/c1-12-10(8-11)7-9-5-3-2-4-6-9/h2-7H,1H3. The molecule has 0 unspecified atom stereocenters. The van der Waals surface area contributed by atoms with Gasteiger partial charge in [-0.1, -0.05) is 30.3 Å². The predicted molar refractivity (Wildman–Crippen MR) is 53.5 cm³/mol. The minimum atomic E-state index is 0.737. The van der Waals surface area contributed by atoms with Crippen molar-refractivity contribution in [2.24, 2.45) is 0 Å². The summed E-state index contributed by atoms with van der Waals surface area (Å²) < 4.78 is 0. The Balaban J connectivity index is 2.88. The molecule has 0 saturated carbocycles. The molecule has 0 aliphatic rings. The quantitative estimate of drug-likeness (QED) is 0.645. The molecule has 60 valence electrons. The van der Waals surface area contributed by atoms with Crippen LogP contribution in [-0.2, 0) is 0 Å². The number of hydrogen-bond donors (Lipinski definition) is 0. The molecule has 1 rings (SSSR count). The lowest BCUT2D eigenvalue weighted by molar-refractivity contribution is 1.53. The van der Waals surface area contributed by atoms with Crippen LogP contribution in [0.5, 0.6) is 0 Å². The Morgan fingerprint density at radius 1 is 1.42 bits per heavy atom. The number of rotatable bonds is 2. The van der Waals surface area contributed by atoms with E-state index in [4.69, 9.17) is 5.26 Å². The molecule has 0 amide bonds. The molecule has 2 heteroatoms. The summed E-state index contributed by atoms with van der Waals surface area (Å²) in [6.45, 7) is 0. The van der Waals surface area contributed by atoms with E-state index in [-0.39, 0.29) is 0 Å². The Bertz CT molecular complexity index is 308. The van der Waals surface area contributed by atoms with Gasteiger partial charge in [0.25, 0.3) is 0 Å². The molecule has 0 spiro atoms. The van der Waals surface area contributed by atoms with E-state index in [1.54, 1.807) is 0 Å². The maximum Gasteiger partial charge on any atom is 0.106 e. The molecule has 0 aromatic heterocycles. The van der Waals surface area contributed by atoms with Crippen molar-refractivity contribution in [3.8, 4) is 6.07 Å². The van der Waals surface area contributed by atoms with Crippen molar-refractivity contribution in [2.75, 3.05) is 6.26 Å². The van der Waals surface area contributed by atoms with Crippen molar-refractivity contribution in [2.45, 2.75) is 0 Å². The lowest BCUT2D eigenvalue weighted by atomic mass is 10.2. The fraction of sp³-hybridized carbons (Fsp3) is 0.100. The van der Waals surface area contributed by atoms with Crippen LogP contribution < -0.4 is 0 Å². The highest BCUT2D eigenvalue weighted by Gasteiger charge is 1.91. The van der Waals surface area contributed by atoms with E-state index < -0.39 is 0 Å². The Hall–Kier alpha value is -1.20. The molecule has 0 N–H and O–H groups in total. The largest absolute Gasteiger partial charge is 0.192 e. The van der Waals surface area contributed by atoms with Gasteiger partial charge in [-0.05, 0) is 17.9 Å². The second kappa shape index (κ2) is 4.63. The zero-order valence-corrected chi connectivity index (χ0v) is 7.64. The molecule has 0 saturated heterocycles. The summed E-state index contributed by atoms with van der Waals surface area (Å²) in [6, 6.07) is 12.0. The van der Waals surface area contributed by atoms with Gasteiger partial charge in [-0.25, -0.2) is 0 Å². The lowest BCUT2D eigenvalue weighted by Gasteiger charge is -1.92. The average molecular weight is 175 g/mol. The van der Waals surface area contributed by atoms with Gasteiger partial charge < -0.3 is 0 Å². The van der Waals surface area contributed by atoms with E-state index >= 15 is 0 Å². The molecule has 0 aliphatic heterocycles. The third-order valence-electron chi connectivity index (χ3n) is 1.43. The Morgan fingerprint density at radius 3 is 2.58 bits per heavy atom. The molecule has 0 atom stereocenters. The molecular weight excluding hydrogens is 166 g/mol. The van der Waals surface area contributed by atoms with Crippen molar-refractivity contribution < 1.29 is 0 Å². The fourth-order valence-electron chi connectivity index (χ4n) is 0.837. The van der Waals surface area contributed by atoms with E-state index in [0.717, 1.165) is 10.5 Å². The van der Waals surface area contributed by atoms with Gasteiger partial charge in [0.05, 0.1) is 4.91 Å². The smallest absolute Gasteiger partial charge is 0.106 e. The summed E-state index contributed by atoms with van der Waals surface area (Å²) in [7, 11) is 0. The van der Waals surface area contributed by atoms with Crippen molar-refractivity contribution in [3.63, 3.8) is 0 Å². The number of thioether (sulfide) groups is 1. The van der Waals surface area contributed by atoms with Crippen molar-refractivity contribution in [3.05, 3.63) is 40.8 Å². The van der Waals surface area contributed by atoms with Gasteiger partial charge in [0.15, 0.2) is 0 Å². The molecular formula is C10H9NS. The first-order valence-corrected chi connectivity index (χ1v) is 4.80. The Kier molecular flexibility index (Phi) is 3.43. The third-order valence-corrected chi connectivity index (χ3v) is 2.08. The second-order valence-electron chi connectivity index (χ2n) is 2.24. The van der Waals surface area contributed by atoms with Crippen LogP contribution in [0, 0.1) is 11.3 Å². The summed E-state index contributed by atoms with van der Waals surface area (Å²) >= 11 is 1.46. The van der Waals surface area contributed by atoms with Crippen molar-refractivity contribution in [1.29, 1.82) is 5.26 Å². The number of allylic oxidation sites excluding steroid dienone is 1. The number of hydrogen-bond acceptors (Lipinski definition) is 2. The number of nitrogens with zero attached hydrogens (tertiary/aromatic N) is 1.